The number of piperidine rings is 1. The van der Waals surface area contributed by atoms with Crippen molar-refractivity contribution in [2.75, 3.05) is 26.7 Å². The molecule has 0 atom stereocenters. The van der Waals surface area contributed by atoms with Crippen LogP contribution >= 0.6 is 0 Å². The van der Waals surface area contributed by atoms with Gasteiger partial charge in [-0.2, -0.15) is 4.31 Å². The Morgan fingerprint density at radius 3 is 2.31 bits per heavy atom. The van der Waals surface area contributed by atoms with Crippen LogP contribution in [0.4, 0.5) is 8.78 Å². The van der Waals surface area contributed by atoms with E-state index in [9.17, 15) is 26.8 Å². The SMILES string of the molecule is Cc1ccc(S(=O)(=O)N(C)CC(=O)N2CCC(C(=O)c3cc(F)ccc3F)CC2)cc1C. The standard InChI is InChI=1S/C23H26F2N2O4S/c1-15-4-6-19(12-16(15)2)32(30,31)26(3)14-22(28)27-10-8-17(9-11-27)23(29)20-13-18(24)5-7-21(20)25/h4-7,12-13,17H,8-11,14H2,1-3H3. The van der Waals surface area contributed by atoms with E-state index in [0.29, 0.717) is 12.8 Å². The molecule has 2 aromatic carbocycles. The highest BCUT2D eigenvalue weighted by molar-refractivity contribution is 7.89. The Kier molecular flexibility index (Phi) is 7.09. The Morgan fingerprint density at radius 2 is 1.69 bits per heavy atom. The zero-order valence-corrected chi connectivity index (χ0v) is 19.1. The Morgan fingerprint density at radius 1 is 1.03 bits per heavy atom. The molecule has 1 heterocycles. The van der Waals surface area contributed by atoms with Crippen molar-refractivity contribution in [3.05, 3.63) is 64.7 Å². The summed E-state index contributed by atoms with van der Waals surface area (Å²) in [7, 11) is -2.47. The summed E-state index contributed by atoms with van der Waals surface area (Å²) in [5.74, 6) is -2.83. The Balaban J connectivity index is 1.61. The molecule has 1 aliphatic rings. The van der Waals surface area contributed by atoms with Crippen molar-refractivity contribution in [3.63, 3.8) is 0 Å². The maximum atomic E-state index is 13.9. The molecule has 1 fully saturated rings. The summed E-state index contributed by atoms with van der Waals surface area (Å²) < 4.78 is 54.0. The van der Waals surface area contributed by atoms with Crippen LogP contribution in [0, 0.1) is 31.4 Å². The minimum atomic E-state index is -3.83. The third-order valence-corrected chi connectivity index (χ3v) is 7.76. The zero-order chi connectivity index (χ0) is 23.6. The van der Waals surface area contributed by atoms with E-state index in [1.807, 2.05) is 13.8 Å². The predicted octanol–water partition coefficient (Wildman–Crippen LogP) is 3.32. The fraction of sp³-hybridized carbons (Fsp3) is 0.391. The van der Waals surface area contributed by atoms with Gasteiger partial charge in [0.2, 0.25) is 15.9 Å². The molecule has 32 heavy (non-hydrogen) atoms. The zero-order valence-electron chi connectivity index (χ0n) is 18.3. The summed E-state index contributed by atoms with van der Waals surface area (Å²) in [5, 5.41) is 0. The maximum absolute atomic E-state index is 13.9. The van der Waals surface area contributed by atoms with Crippen LogP contribution in [0.5, 0.6) is 0 Å². The number of nitrogens with zero attached hydrogens (tertiary/aromatic N) is 2. The van der Waals surface area contributed by atoms with Crippen LogP contribution in [-0.2, 0) is 14.8 Å². The topological polar surface area (TPSA) is 74.8 Å². The van der Waals surface area contributed by atoms with Gasteiger partial charge in [-0.1, -0.05) is 6.07 Å². The van der Waals surface area contributed by atoms with Crippen LogP contribution in [0.1, 0.15) is 34.3 Å². The smallest absolute Gasteiger partial charge is 0.243 e. The van der Waals surface area contributed by atoms with E-state index in [-0.39, 0.29) is 36.0 Å². The highest BCUT2D eigenvalue weighted by Gasteiger charge is 2.31. The molecule has 0 spiro atoms. The van der Waals surface area contributed by atoms with Crippen LogP contribution in [0.25, 0.3) is 0 Å². The molecule has 0 aromatic heterocycles. The summed E-state index contributed by atoms with van der Waals surface area (Å²) >= 11 is 0. The number of hydrogen-bond acceptors (Lipinski definition) is 4. The normalized spacial score (nSPS) is 15.2. The number of aryl methyl sites for hydroxylation is 2. The second kappa shape index (κ2) is 9.46. The number of likely N-dealkylation sites (N-methyl/N-ethyl adjacent to an activating group) is 1. The number of benzene rings is 2. The first-order valence-electron chi connectivity index (χ1n) is 10.3. The molecule has 1 amide bonds. The van der Waals surface area contributed by atoms with Crippen LogP contribution in [-0.4, -0.2) is 56.0 Å². The Hall–Kier alpha value is -2.65. The van der Waals surface area contributed by atoms with E-state index >= 15 is 0 Å². The van der Waals surface area contributed by atoms with Crippen molar-refractivity contribution in [1.82, 2.24) is 9.21 Å². The van der Waals surface area contributed by atoms with E-state index in [2.05, 4.69) is 0 Å². The van der Waals surface area contributed by atoms with E-state index < -0.39 is 33.4 Å². The summed E-state index contributed by atoms with van der Waals surface area (Å²) in [6.07, 6.45) is 0.599. The number of ketones is 1. The number of sulfonamides is 1. The Labute approximate surface area is 186 Å². The van der Waals surface area contributed by atoms with Gasteiger partial charge in [0.15, 0.2) is 5.78 Å². The lowest BCUT2D eigenvalue weighted by atomic mass is 9.88. The first kappa shape index (κ1) is 24.0. The van der Waals surface area contributed by atoms with Crippen molar-refractivity contribution >= 4 is 21.7 Å². The van der Waals surface area contributed by atoms with Gasteiger partial charge in [0, 0.05) is 26.1 Å². The number of halogens is 2. The van der Waals surface area contributed by atoms with Gasteiger partial charge in [-0.3, -0.25) is 9.59 Å². The molecule has 172 valence electrons. The molecular weight excluding hydrogens is 438 g/mol. The van der Waals surface area contributed by atoms with Gasteiger partial charge in [0.1, 0.15) is 11.6 Å². The summed E-state index contributed by atoms with van der Waals surface area (Å²) in [6.45, 7) is 3.86. The number of amides is 1. The predicted molar refractivity (Wildman–Crippen MR) is 116 cm³/mol. The molecule has 0 N–H and O–H groups in total. The van der Waals surface area contributed by atoms with E-state index in [1.165, 1.54) is 18.0 Å². The van der Waals surface area contributed by atoms with Gasteiger partial charge >= 0.3 is 0 Å². The second-order valence-corrected chi connectivity index (χ2v) is 10.2. The minimum absolute atomic E-state index is 0.123. The van der Waals surface area contributed by atoms with Gasteiger partial charge in [0.25, 0.3) is 0 Å². The summed E-state index contributed by atoms with van der Waals surface area (Å²) in [5.41, 5.74) is 1.53. The number of carbonyl (C=O) groups excluding carboxylic acids is 2. The summed E-state index contributed by atoms with van der Waals surface area (Å²) in [4.78, 5) is 26.9. The Bertz CT molecular complexity index is 1140. The van der Waals surface area contributed by atoms with E-state index in [0.717, 1.165) is 33.6 Å². The molecule has 0 aliphatic carbocycles. The second-order valence-electron chi connectivity index (χ2n) is 8.15. The average molecular weight is 465 g/mol. The molecule has 9 heteroatoms. The van der Waals surface area contributed by atoms with Crippen LogP contribution in [0.3, 0.4) is 0 Å². The van der Waals surface area contributed by atoms with Gasteiger partial charge < -0.3 is 4.90 Å². The lowest BCUT2D eigenvalue weighted by molar-refractivity contribution is -0.132. The first-order valence-corrected chi connectivity index (χ1v) is 11.8. The van der Waals surface area contributed by atoms with Crippen molar-refractivity contribution < 1.29 is 26.8 Å². The molecule has 0 radical (unpaired) electrons. The molecular formula is C23H26F2N2O4S. The van der Waals surface area contributed by atoms with E-state index in [1.54, 1.807) is 12.1 Å². The van der Waals surface area contributed by atoms with Crippen molar-refractivity contribution in [1.29, 1.82) is 0 Å². The van der Waals surface area contributed by atoms with Gasteiger partial charge in [0.05, 0.1) is 17.0 Å². The molecule has 2 aromatic rings. The maximum Gasteiger partial charge on any atom is 0.243 e. The lowest BCUT2D eigenvalue weighted by Gasteiger charge is -2.32. The van der Waals surface area contributed by atoms with Crippen LogP contribution in [0.2, 0.25) is 0 Å². The van der Waals surface area contributed by atoms with E-state index in [4.69, 9.17) is 0 Å². The monoisotopic (exact) mass is 464 g/mol. The number of Topliss-reactive ketones (excluding diaryl/α,β-unsaturated/α-hetero) is 1. The van der Waals surface area contributed by atoms with Crippen LogP contribution < -0.4 is 0 Å². The molecule has 6 nitrogen and oxygen atoms in total. The fourth-order valence-corrected chi connectivity index (χ4v) is 4.93. The van der Waals surface area contributed by atoms with Crippen molar-refractivity contribution in [2.24, 2.45) is 5.92 Å². The molecule has 1 aliphatic heterocycles. The molecule has 3 rings (SSSR count). The molecule has 0 bridgehead atoms. The van der Waals surface area contributed by atoms with Crippen molar-refractivity contribution in [2.45, 2.75) is 31.6 Å². The highest BCUT2D eigenvalue weighted by Crippen LogP contribution is 2.24. The number of likely N-dealkylation sites (tertiary alicyclic amines) is 1. The summed E-state index contributed by atoms with van der Waals surface area (Å²) in [6, 6.07) is 7.58. The van der Waals surface area contributed by atoms with Crippen molar-refractivity contribution in [3.8, 4) is 0 Å². The third-order valence-electron chi connectivity index (χ3n) is 5.96. The lowest BCUT2D eigenvalue weighted by Crippen LogP contribution is -2.45. The third kappa shape index (κ3) is 5.05. The average Bonchev–Trinajstić information content (AvgIpc) is 2.76. The number of hydrogen-bond donors (Lipinski definition) is 0. The number of carbonyl (C=O) groups is 2. The quantitative estimate of drug-likeness (QED) is 0.615. The largest absolute Gasteiger partial charge is 0.342 e. The first-order chi connectivity index (χ1) is 15.0. The van der Waals surface area contributed by atoms with Crippen LogP contribution in [0.15, 0.2) is 41.3 Å². The molecule has 0 unspecified atom stereocenters. The van der Waals surface area contributed by atoms with Gasteiger partial charge in [-0.05, 0) is 68.1 Å². The molecule has 0 saturated carbocycles. The van der Waals surface area contributed by atoms with Gasteiger partial charge in [-0.15, -0.1) is 0 Å². The minimum Gasteiger partial charge on any atom is -0.342 e. The number of rotatable bonds is 6. The van der Waals surface area contributed by atoms with Gasteiger partial charge in [-0.25, -0.2) is 17.2 Å². The fourth-order valence-electron chi connectivity index (χ4n) is 3.73. The molecule has 1 saturated heterocycles. The highest BCUT2D eigenvalue weighted by atomic mass is 32.2.